The highest BCUT2D eigenvalue weighted by molar-refractivity contribution is 6.09. The lowest BCUT2D eigenvalue weighted by atomic mass is 10.0. The molecular formula is C28H23NO3. The molecule has 0 atom stereocenters. The summed E-state index contributed by atoms with van der Waals surface area (Å²) in [5, 5.41) is 3.23. The first-order valence-corrected chi connectivity index (χ1v) is 10.6. The van der Waals surface area contributed by atoms with Crippen molar-refractivity contribution >= 4 is 33.3 Å². The van der Waals surface area contributed by atoms with Crippen LogP contribution in [0.25, 0.3) is 21.7 Å². The first-order valence-electron chi connectivity index (χ1n) is 10.6. The van der Waals surface area contributed by atoms with Crippen molar-refractivity contribution in [3.63, 3.8) is 0 Å². The Morgan fingerprint density at radius 2 is 1.62 bits per heavy atom. The maximum Gasteiger partial charge on any atom is 0.231 e. The molecule has 0 fully saturated rings. The number of ether oxygens (including phenoxy) is 1. The third-order valence-electron chi connectivity index (χ3n) is 5.75. The molecule has 0 saturated heterocycles. The number of fused-ring (bicyclic) bond motifs is 3. The number of carbonyl (C=O) groups is 1. The van der Waals surface area contributed by atoms with Crippen LogP contribution in [0.4, 0.5) is 5.69 Å². The van der Waals surface area contributed by atoms with E-state index in [1.807, 2.05) is 83.8 Å². The normalized spacial score (nSPS) is 11.0. The van der Waals surface area contributed by atoms with Gasteiger partial charge in [-0.05, 0) is 46.7 Å². The fourth-order valence-electron chi connectivity index (χ4n) is 4.11. The van der Waals surface area contributed by atoms with Crippen LogP contribution in [0.3, 0.4) is 0 Å². The summed E-state index contributed by atoms with van der Waals surface area (Å²) in [6.07, 6.45) is 1.96. The molecule has 0 aliphatic carbocycles. The Labute approximate surface area is 186 Å². The van der Waals surface area contributed by atoms with Crippen molar-refractivity contribution in [2.75, 3.05) is 12.0 Å². The molecule has 0 aliphatic rings. The number of amides is 1. The van der Waals surface area contributed by atoms with Crippen LogP contribution in [-0.4, -0.2) is 13.0 Å². The van der Waals surface area contributed by atoms with E-state index in [0.717, 1.165) is 44.3 Å². The SMILES string of the molecule is COc1ccc(N(Cc2ccccc2)C(=O)Cc2coc3ccc4ccccc4c23)cc1. The summed E-state index contributed by atoms with van der Waals surface area (Å²) >= 11 is 0. The van der Waals surface area contributed by atoms with Crippen molar-refractivity contribution in [3.05, 3.63) is 108 Å². The predicted octanol–water partition coefficient (Wildman–Crippen LogP) is 6.37. The number of hydrogen-bond acceptors (Lipinski definition) is 3. The van der Waals surface area contributed by atoms with E-state index in [9.17, 15) is 4.79 Å². The van der Waals surface area contributed by atoms with Crippen LogP contribution in [-0.2, 0) is 17.8 Å². The third kappa shape index (κ3) is 3.83. The van der Waals surface area contributed by atoms with Gasteiger partial charge < -0.3 is 14.1 Å². The van der Waals surface area contributed by atoms with Gasteiger partial charge in [-0.25, -0.2) is 0 Å². The Morgan fingerprint density at radius 3 is 2.41 bits per heavy atom. The maximum atomic E-state index is 13.6. The van der Waals surface area contributed by atoms with Crippen molar-refractivity contribution in [2.45, 2.75) is 13.0 Å². The minimum Gasteiger partial charge on any atom is -0.497 e. The molecule has 158 valence electrons. The van der Waals surface area contributed by atoms with Gasteiger partial charge in [0.25, 0.3) is 0 Å². The Balaban J connectivity index is 1.51. The van der Waals surface area contributed by atoms with Crippen molar-refractivity contribution < 1.29 is 13.9 Å². The molecule has 0 radical (unpaired) electrons. The molecule has 0 spiro atoms. The Morgan fingerprint density at radius 1 is 0.875 bits per heavy atom. The molecule has 0 aliphatic heterocycles. The van der Waals surface area contributed by atoms with E-state index in [1.165, 1.54) is 0 Å². The molecule has 0 saturated carbocycles. The van der Waals surface area contributed by atoms with Gasteiger partial charge in [-0.2, -0.15) is 0 Å². The van der Waals surface area contributed by atoms with Crippen LogP contribution in [0.1, 0.15) is 11.1 Å². The average molecular weight is 421 g/mol. The number of benzene rings is 4. The van der Waals surface area contributed by atoms with Crippen LogP contribution in [0.2, 0.25) is 0 Å². The number of furan rings is 1. The van der Waals surface area contributed by atoms with Crippen LogP contribution >= 0.6 is 0 Å². The van der Waals surface area contributed by atoms with E-state index in [0.29, 0.717) is 6.54 Å². The number of hydrogen-bond donors (Lipinski definition) is 0. The molecule has 0 N–H and O–H groups in total. The van der Waals surface area contributed by atoms with E-state index >= 15 is 0 Å². The van der Waals surface area contributed by atoms with Gasteiger partial charge in [0.1, 0.15) is 11.3 Å². The fourth-order valence-corrected chi connectivity index (χ4v) is 4.11. The van der Waals surface area contributed by atoms with E-state index in [2.05, 4.69) is 12.1 Å². The molecule has 1 heterocycles. The van der Waals surface area contributed by atoms with Crippen LogP contribution < -0.4 is 9.64 Å². The average Bonchev–Trinajstić information content (AvgIpc) is 3.26. The zero-order valence-electron chi connectivity index (χ0n) is 17.8. The standard InChI is InChI=1S/C28H23NO3/c1-31-24-14-12-23(13-15-24)29(18-20-7-3-2-4-8-20)27(30)17-22-19-32-26-16-11-21-9-5-6-10-25(21)28(22)26/h2-16,19H,17-18H2,1H3. The molecule has 4 aromatic carbocycles. The van der Waals surface area contributed by atoms with Crippen LogP contribution in [0, 0.1) is 0 Å². The molecule has 5 rings (SSSR count). The summed E-state index contributed by atoms with van der Waals surface area (Å²) in [4.78, 5) is 15.4. The second kappa shape index (κ2) is 8.60. The van der Waals surface area contributed by atoms with Gasteiger partial charge in [0.15, 0.2) is 0 Å². The van der Waals surface area contributed by atoms with E-state index < -0.39 is 0 Å². The molecular weight excluding hydrogens is 398 g/mol. The van der Waals surface area contributed by atoms with Gasteiger partial charge in [0.2, 0.25) is 5.91 Å². The molecule has 1 amide bonds. The topological polar surface area (TPSA) is 42.7 Å². The highest BCUT2D eigenvalue weighted by atomic mass is 16.5. The predicted molar refractivity (Wildman–Crippen MR) is 128 cm³/mol. The fraction of sp³-hybridized carbons (Fsp3) is 0.107. The third-order valence-corrected chi connectivity index (χ3v) is 5.75. The van der Waals surface area contributed by atoms with Crippen molar-refractivity contribution in [1.29, 1.82) is 0 Å². The summed E-state index contributed by atoms with van der Waals surface area (Å²) in [5.41, 5.74) is 3.59. The van der Waals surface area contributed by atoms with Crippen molar-refractivity contribution in [3.8, 4) is 5.75 Å². The number of anilines is 1. The lowest BCUT2D eigenvalue weighted by Gasteiger charge is -2.23. The van der Waals surface area contributed by atoms with Gasteiger partial charge in [-0.1, -0.05) is 60.7 Å². The molecule has 0 bridgehead atoms. The number of carbonyl (C=O) groups excluding carboxylic acids is 1. The van der Waals surface area contributed by atoms with Gasteiger partial charge in [0, 0.05) is 16.6 Å². The molecule has 4 heteroatoms. The summed E-state index contributed by atoms with van der Waals surface area (Å²) in [6.45, 7) is 0.489. The molecule has 1 aromatic heterocycles. The zero-order chi connectivity index (χ0) is 21.9. The molecule has 4 nitrogen and oxygen atoms in total. The molecule has 32 heavy (non-hydrogen) atoms. The minimum atomic E-state index is 0.00894. The van der Waals surface area contributed by atoms with E-state index in [4.69, 9.17) is 9.15 Å². The van der Waals surface area contributed by atoms with Crippen LogP contribution in [0.15, 0.2) is 102 Å². The quantitative estimate of drug-likeness (QED) is 0.320. The van der Waals surface area contributed by atoms with Crippen molar-refractivity contribution in [1.82, 2.24) is 0 Å². The highest BCUT2D eigenvalue weighted by Crippen LogP contribution is 2.31. The summed E-state index contributed by atoms with van der Waals surface area (Å²) < 4.78 is 11.1. The van der Waals surface area contributed by atoms with Gasteiger partial charge >= 0.3 is 0 Å². The van der Waals surface area contributed by atoms with Gasteiger partial charge in [-0.15, -0.1) is 0 Å². The smallest absolute Gasteiger partial charge is 0.231 e. The monoisotopic (exact) mass is 421 g/mol. The first-order chi connectivity index (χ1) is 15.7. The Kier molecular flexibility index (Phi) is 5.34. The highest BCUT2D eigenvalue weighted by Gasteiger charge is 2.20. The largest absolute Gasteiger partial charge is 0.497 e. The van der Waals surface area contributed by atoms with E-state index in [-0.39, 0.29) is 12.3 Å². The second-order valence-electron chi connectivity index (χ2n) is 7.76. The summed E-state index contributed by atoms with van der Waals surface area (Å²) in [5.74, 6) is 0.766. The van der Waals surface area contributed by atoms with Gasteiger partial charge in [-0.3, -0.25) is 4.79 Å². The zero-order valence-corrected chi connectivity index (χ0v) is 17.8. The lowest BCUT2D eigenvalue weighted by Crippen LogP contribution is -2.31. The van der Waals surface area contributed by atoms with Crippen LogP contribution in [0.5, 0.6) is 5.75 Å². The minimum absolute atomic E-state index is 0.00894. The Bertz CT molecular complexity index is 1370. The summed E-state index contributed by atoms with van der Waals surface area (Å²) in [6, 6.07) is 29.8. The number of methoxy groups -OCH3 is 1. The molecule has 0 unspecified atom stereocenters. The summed E-state index contributed by atoms with van der Waals surface area (Å²) in [7, 11) is 1.64. The lowest BCUT2D eigenvalue weighted by molar-refractivity contribution is -0.118. The van der Waals surface area contributed by atoms with E-state index in [1.54, 1.807) is 13.4 Å². The maximum absolute atomic E-state index is 13.6. The molecule has 5 aromatic rings. The number of rotatable bonds is 6. The Hall–Kier alpha value is -4.05. The van der Waals surface area contributed by atoms with Crippen molar-refractivity contribution in [2.24, 2.45) is 0 Å². The second-order valence-corrected chi connectivity index (χ2v) is 7.76. The number of nitrogens with zero attached hydrogens (tertiary/aromatic N) is 1. The first kappa shape index (κ1) is 19.9. The van der Waals surface area contributed by atoms with Gasteiger partial charge in [0.05, 0.1) is 26.3 Å².